The Hall–Kier alpha value is -5.69. The van der Waals surface area contributed by atoms with Crippen LogP contribution in [0.2, 0.25) is 0 Å². The van der Waals surface area contributed by atoms with Gasteiger partial charge in [0, 0.05) is 11.3 Å². The Morgan fingerprint density at radius 3 is 1.95 bits per heavy atom. The lowest BCUT2D eigenvalue weighted by Gasteiger charge is -2.27. The van der Waals surface area contributed by atoms with Gasteiger partial charge in [-0.2, -0.15) is 0 Å². The number of rotatable bonds is 7. The number of hydrogen-bond donors (Lipinski definition) is 1. The van der Waals surface area contributed by atoms with E-state index in [2.05, 4.69) is 9.88 Å². The molecule has 0 saturated carbocycles. The molecule has 218 valence electrons. The molecule has 2 heterocycles. The van der Waals surface area contributed by atoms with Gasteiger partial charge in [0.15, 0.2) is 0 Å². The number of benzene rings is 4. The zero-order valence-electron chi connectivity index (χ0n) is 24.7. The van der Waals surface area contributed by atoms with Crippen molar-refractivity contribution in [3.8, 4) is 34.0 Å². The summed E-state index contributed by atoms with van der Waals surface area (Å²) in [5.41, 5.74) is 7.09. The molecule has 0 atom stereocenters. The molecule has 44 heavy (non-hydrogen) atoms. The summed E-state index contributed by atoms with van der Waals surface area (Å²) in [6.45, 7) is 6.29. The molecule has 7 heteroatoms. The van der Waals surface area contributed by atoms with Gasteiger partial charge in [-0.15, -0.1) is 0 Å². The molecule has 0 unspecified atom stereocenters. The molecule has 5 aromatic rings. The van der Waals surface area contributed by atoms with Crippen LogP contribution >= 0.6 is 0 Å². The van der Waals surface area contributed by atoms with E-state index in [0.29, 0.717) is 17.9 Å². The Labute approximate surface area is 256 Å². The van der Waals surface area contributed by atoms with Crippen molar-refractivity contribution in [3.05, 3.63) is 131 Å². The number of carbonyl (C=O) groups excluding carboxylic acids is 3. The van der Waals surface area contributed by atoms with Gasteiger partial charge in [-0.1, -0.05) is 66.7 Å². The Kier molecular flexibility index (Phi) is 7.69. The highest BCUT2D eigenvalue weighted by atomic mass is 16.5. The third-order valence-electron chi connectivity index (χ3n) is 7.42. The number of carbonyl (C=O) groups is 3. The Balaban J connectivity index is 1.58. The van der Waals surface area contributed by atoms with E-state index < -0.39 is 17.8 Å². The zero-order chi connectivity index (χ0) is 30.8. The van der Waals surface area contributed by atoms with E-state index in [1.807, 2.05) is 118 Å². The second-order valence-electron chi connectivity index (χ2n) is 10.6. The summed E-state index contributed by atoms with van der Waals surface area (Å²) >= 11 is 0. The monoisotopic (exact) mass is 581 g/mol. The number of barbiturate groups is 1. The van der Waals surface area contributed by atoms with Gasteiger partial charge in [-0.05, 0) is 91.6 Å². The molecule has 1 aliphatic heterocycles. The van der Waals surface area contributed by atoms with Crippen LogP contribution in [0.25, 0.3) is 34.3 Å². The van der Waals surface area contributed by atoms with Crippen LogP contribution < -0.4 is 15.0 Å². The lowest BCUT2D eigenvalue weighted by molar-refractivity contribution is -0.122. The zero-order valence-corrected chi connectivity index (χ0v) is 24.7. The first-order chi connectivity index (χ1) is 21.3. The predicted molar refractivity (Wildman–Crippen MR) is 173 cm³/mol. The van der Waals surface area contributed by atoms with Crippen molar-refractivity contribution in [2.24, 2.45) is 0 Å². The standard InChI is InChI=1S/C37H31N3O4/c1-4-44-31-17-15-29(16-18-31)39-33(26-11-7-5-8-12-26)23-28(34(39)27-13-9-6-10-14-27)22-32-35(41)38-37(43)40(36(32)42)30-20-24(2)19-25(3)21-30/h5-23H,4H2,1-3H3,(H,38,41,43)/b32-22+. The average molecular weight is 582 g/mol. The van der Waals surface area contributed by atoms with Crippen molar-refractivity contribution in [1.82, 2.24) is 9.88 Å². The summed E-state index contributed by atoms with van der Waals surface area (Å²) < 4.78 is 7.81. The maximum absolute atomic E-state index is 13.9. The van der Waals surface area contributed by atoms with Crippen molar-refractivity contribution in [3.63, 3.8) is 0 Å². The Morgan fingerprint density at radius 1 is 0.727 bits per heavy atom. The van der Waals surface area contributed by atoms with Gasteiger partial charge in [0.1, 0.15) is 11.3 Å². The molecule has 0 spiro atoms. The molecule has 1 N–H and O–H groups in total. The van der Waals surface area contributed by atoms with Gasteiger partial charge < -0.3 is 9.30 Å². The fourth-order valence-corrected chi connectivity index (χ4v) is 5.61. The SMILES string of the molecule is CCOc1ccc(-n2c(-c3ccccc3)cc(/C=C3\C(=O)NC(=O)N(c4cc(C)cc(C)c4)C3=O)c2-c2ccccc2)cc1. The van der Waals surface area contributed by atoms with Crippen LogP contribution in [-0.2, 0) is 9.59 Å². The molecule has 1 saturated heterocycles. The minimum atomic E-state index is -0.776. The molecule has 4 aromatic carbocycles. The summed E-state index contributed by atoms with van der Waals surface area (Å²) in [7, 11) is 0. The second kappa shape index (κ2) is 11.9. The lowest BCUT2D eigenvalue weighted by atomic mass is 10.0. The molecular weight excluding hydrogens is 550 g/mol. The smallest absolute Gasteiger partial charge is 0.335 e. The Morgan fingerprint density at radius 2 is 1.34 bits per heavy atom. The van der Waals surface area contributed by atoms with E-state index in [1.165, 1.54) is 0 Å². The van der Waals surface area contributed by atoms with Crippen LogP contribution in [0.15, 0.2) is 115 Å². The van der Waals surface area contributed by atoms with Crippen LogP contribution in [0.5, 0.6) is 5.75 Å². The Bertz CT molecular complexity index is 1890. The number of anilines is 1. The van der Waals surface area contributed by atoms with E-state index in [-0.39, 0.29) is 5.57 Å². The van der Waals surface area contributed by atoms with Crippen LogP contribution in [0.1, 0.15) is 23.6 Å². The summed E-state index contributed by atoms with van der Waals surface area (Å²) in [5, 5.41) is 2.37. The topological polar surface area (TPSA) is 80.6 Å². The number of nitrogens with one attached hydrogen (secondary N) is 1. The van der Waals surface area contributed by atoms with Crippen molar-refractivity contribution >= 4 is 29.6 Å². The highest BCUT2D eigenvalue weighted by Gasteiger charge is 2.37. The van der Waals surface area contributed by atoms with E-state index in [1.54, 1.807) is 18.2 Å². The molecule has 0 bridgehead atoms. The van der Waals surface area contributed by atoms with E-state index in [4.69, 9.17) is 4.74 Å². The van der Waals surface area contributed by atoms with Gasteiger partial charge in [-0.25, -0.2) is 9.69 Å². The summed E-state index contributed by atoms with van der Waals surface area (Å²) in [6.07, 6.45) is 1.58. The van der Waals surface area contributed by atoms with Crippen LogP contribution in [0.3, 0.4) is 0 Å². The largest absolute Gasteiger partial charge is 0.494 e. The molecule has 7 nitrogen and oxygen atoms in total. The number of amides is 4. The lowest BCUT2D eigenvalue weighted by Crippen LogP contribution is -2.54. The fraction of sp³-hybridized carbons (Fsp3) is 0.108. The van der Waals surface area contributed by atoms with E-state index >= 15 is 0 Å². The van der Waals surface area contributed by atoms with Crippen molar-refractivity contribution < 1.29 is 19.1 Å². The first-order valence-electron chi connectivity index (χ1n) is 14.4. The summed E-state index contributed by atoms with van der Waals surface area (Å²) in [4.78, 5) is 41.1. The molecular formula is C37H31N3O4. The van der Waals surface area contributed by atoms with Gasteiger partial charge >= 0.3 is 6.03 Å². The molecule has 1 aromatic heterocycles. The van der Waals surface area contributed by atoms with Crippen molar-refractivity contribution in [1.29, 1.82) is 0 Å². The van der Waals surface area contributed by atoms with E-state index in [0.717, 1.165) is 50.0 Å². The molecule has 4 amide bonds. The normalized spacial score (nSPS) is 14.2. The van der Waals surface area contributed by atoms with Crippen molar-refractivity contribution in [2.75, 3.05) is 11.5 Å². The minimum Gasteiger partial charge on any atom is -0.494 e. The average Bonchev–Trinajstić information content (AvgIpc) is 3.39. The summed E-state index contributed by atoms with van der Waals surface area (Å²) in [6, 6.07) is 34.2. The molecule has 6 rings (SSSR count). The summed E-state index contributed by atoms with van der Waals surface area (Å²) in [5.74, 6) is -0.665. The fourth-order valence-electron chi connectivity index (χ4n) is 5.61. The van der Waals surface area contributed by atoms with Gasteiger partial charge in [0.25, 0.3) is 11.8 Å². The van der Waals surface area contributed by atoms with Crippen LogP contribution in [0, 0.1) is 13.8 Å². The number of ether oxygens (including phenoxy) is 1. The number of nitrogens with zero attached hydrogens (tertiary/aromatic N) is 2. The predicted octanol–water partition coefficient (Wildman–Crippen LogP) is 7.49. The molecule has 1 fully saturated rings. The highest BCUT2D eigenvalue weighted by Crippen LogP contribution is 2.38. The molecule has 1 aliphatic rings. The van der Waals surface area contributed by atoms with Crippen LogP contribution in [0.4, 0.5) is 10.5 Å². The second-order valence-corrected chi connectivity index (χ2v) is 10.6. The maximum Gasteiger partial charge on any atom is 0.335 e. The van der Waals surface area contributed by atoms with Gasteiger partial charge in [0.05, 0.1) is 23.7 Å². The number of hydrogen-bond acceptors (Lipinski definition) is 4. The molecule has 0 radical (unpaired) electrons. The first kappa shape index (κ1) is 28.4. The number of urea groups is 1. The number of imide groups is 2. The quantitative estimate of drug-likeness (QED) is 0.160. The first-order valence-corrected chi connectivity index (χ1v) is 14.4. The van der Waals surface area contributed by atoms with Crippen molar-refractivity contribution in [2.45, 2.75) is 20.8 Å². The third-order valence-corrected chi connectivity index (χ3v) is 7.42. The minimum absolute atomic E-state index is 0.135. The van der Waals surface area contributed by atoms with E-state index in [9.17, 15) is 14.4 Å². The maximum atomic E-state index is 13.9. The van der Waals surface area contributed by atoms with Gasteiger partial charge in [-0.3, -0.25) is 14.9 Å². The molecule has 0 aliphatic carbocycles. The van der Waals surface area contributed by atoms with Crippen LogP contribution in [-0.4, -0.2) is 29.0 Å². The number of aryl methyl sites for hydroxylation is 2. The highest BCUT2D eigenvalue weighted by molar-refractivity contribution is 6.39. The third kappa shape index (κ3) is 5.43. The number of aromatic nitrogens is 1. The van der Waals surface area contributed by atoms with Gasteiger partial charge in [0.2, 0.25) is 0 Å².